The van der Waals surface area contributed by atoms with Gasteiger partial charge in [-0.25, -0.2) is 4.39 Å². The molecule has 178 valence electrons. The second-order valence-electron chi connectivity index (χ2n) is 9.33. The van der Waals surface area contributed by atoms with E-state index in [-0.39, 0.29) is 17.4 Å². The van der Waals surface area contributed by atoms with Crippen LogP contribution in [0.2, 0.25) is 0 Å². The Labute approximate surface area is 196 Å². The maximum Gasteiger partial charge on any atom is 0.251 e. The van der Waals surface area contributed by atoms with Crippen molar-refractivity contribution in [3.63, 3.8) is 0 Å². The van der Waals surface area contributed by atoms with E-state index in [0.29, 0.717) is 54.6 Å². The Morgan fingerprint density at radius 2 is 1.88 bits per heavy atom. The van der Waals surface area contributed by atoms with Gasteiger partial charge in [-0.1, -0.05) is 0 Å². The molecule has 0 aromatic carbocycles. The Balaban J connectivity index is 1.07. The van der Waals surface area contributed by atoms with Gasteiger partial charge in [-0.3, -0.25) is 14.8 Å². The summed E-state index contributed by atoms with van der Waals surface area (Å²) in [6.07, 6.45) is 6.47. The number of ether oxygens (including phenoxy) is 2. The number of aromatic nitrogens is 3. The highest BCUT2D eigenvalue weighted by atomic mass is 19.1. The molecule has 0 aliphatic carbocycles. The topological polar surface area (TPSA) is 81.5 Å². The van der Waals surface area contributed by atoms with E-state index >= 15 is 0 Å². The molecule has 0 spiro atoms. The molecule has 1 atom stereocenters. The van der Waals surface area contributed by atoms with Crippen molar-refractivity contribution in [3.8, 4) is 11.5 Å². The molecule has 34 heavy (non-hydrogen) atoms. The van der Waals surface area contributed by atoms with Gasteiger partial charge in [0.05, 0.1) is 35.2 Å². The van der Waals surface area contributed by atoms with Crippen LogP contribution in [-0.4, -0.2) is 58.3 Å². The van der Waals surface area contributed by atoms with Crippen LogP contribution in [0.3, 0.4) is 0 Å². The Bertz CT molecular complexity index is 1270. The zero-order chi connectivity index (χ0) is 23.1. The van der Waals surface area contributed by atoms with Crippen LogP contribution in [0.15, 0.2) is 35.4 Å². The van der Waals surface area contributed by atoms with Crippen molar-refractivity contribution in [1.29, 1.82) is 0 Å². The highest BCUT2D eigenvalue weighted by molar-refractivity contribution is 5.79. The van der Waals surface area contributed by atoms with Crippen LogP contribution in [-0.2, 0) is 13.0 Å². The first-order valence-corrected chi connectivity index (χ1v) is 12.0. The third-order valence-electron chi connectivity index (χ3n) is 7.20. The molecule has 3 aromatic heterocycles. The molecule has 3 aromatic rings. The van der Waals surface area contributed by atoms with Crippen LogP contribution in [0.4, 0.5) is 4.39 Å². The fourth-order valence-corrected chi connectivity index (χ4v) is 5.43. The van der Waals surface area contributed by atoms with Gasteiger partial charge < -0.3 is 24.3 Å². The summed E-state index contributed by atoms with van der Waals surface area (Å²) in [6, 6.07) is 5.67. The zero-order valence-corrected chi connectivity index (χ0v) is 19.0. The first-order valence-electron chi connectivity index (χ1n) is 12.0. The van der Waals surface area contributed by atoms with Gasteiger partial charge >= 0.3 is 0 Å². The van der Waals surface area contributed by atoms with Gasteiger partial charge in [0.2, 0.25) is 0 Å². The van der Waals surface area contributed by atoms with Crippen LogP contribution in [0, 0.1) is 5.82 Å². The van der Waals surface area contributed by atoms with Crippen LogP contribution in [0.5, 0.6) is 11.5 Å². The lowest BCUT2D eigenvalue weighted by molar-refractivity contribution is 0.166. The van der Waals surface area contributed by atoms with Gasteiger partial charge in [0.15, 0.2) is 11.5 Å². The summed E-state index contributed by atoms with van der Waals surface area (Å²) < 4.78 is 27.3. The molecule has 6 rings (SSSR count). The Hall–Kier alpha value is -3.04. The Morgan fingerprint density at radius 3 is 2.74 bits per heavy atom. The molecule has 3 aliphatic heterocycles. The smallest absolute Gasteiger partial charge is 0.251 e. The maximum absolute atomic E-state index is 14.4. The van der Waals surface area contributed by atoms with Gasteiger partial charge in [-0.05, 0) is 44.8 Å². The predicted molar refractivity (Wildman–Crippen MR) is 125 cm³/mol. The lowest BCUT2D eigenvalue weighted by Gasteiger charge is -2.36. The molecule has 1 N–H and O–H groups in total. The van der Waals surface area contributed by atoms with Gasteiger partial charge in [0, 0.05) is 36.8 Å². The monoisotopic (exact) mass is 465 g/mol. The molecule has 1 saturated heterocycles. The molecule has 0 radical (unpaired) electrons. The van der Waals surface area contributed by atoms with Gasteiger partial charge in [-0.15, -0.1) is 0 Å². The van der Waals surface area contributed by atoms with Crippen molar-refractivity contribution in [2.45, 2.75) is 44.3 Å². The van der Waals surface area contributed by atoms with Gasteiger partial charge in [-0.2, -0.15) is 0 Å². The number of piperidine rings is 1. The summed E-state index contributed by atoms with van der Waals surface area (Å²) in [6.45, 7) is 4.54. The quantitative estimate of drug-likeness (QED) is 0.620. The van der Waals surface area contributed by atoms with E-state index < -0.39 is 0 Å². The van der Waals surface area contributed by atoms with Crippen molar-refractivity contribution in [3.05, 3.63) is 58.0 Å². The molecule has 1 fully saturated rings. The first-order chi connectivity index (χ1) is 16.7. The number of hydrogen-bond donors (Lipinski definition) is 1. The van der Waals surface area contributed by atoms with E-state index in [2.05, 4.69) is 20.2 Å². The third kappa shape index (κ3) is 4.03. The molecule has 9 heteroatoms. The summed E-state index contributed by atoms with van der Waals surface area (Å²) in [4.78, 5) is 23.8. The van der Waals surface area contributed by atoms with Crippen LogP contribution >= 0.6 is 0 Å². The maximum atomic E-state index is 14.4. The van der Waals surface area contributed by atoms with E-state index in [9.17, 15) is 9.18 Å². The molecule has 8 nitrogen and oxygen atoms in total. The number of rotatable bonds is 5. The Kier molecular flexibility index (Phi) is 5.66. The van der Waals surface area contributed by atoms with E-state index in [4.69, 9.17) is 9.47 Å². The van der Waals surface area contributed by atoms with Crippen molar-refractivity contribution in [2.75, 3.05) is 32.8 Å². The van der Waals surface area contributed by atoms with Crippen molar-refractivity contribution in [1.82, 2.24) is 24.8 Å². The summed E-state index contributed by atoms with van der Waals surface area (Å²) in [5, 5.41) is 3.62. The fraction of sp³-hybridized carbons (Fsp3) is 0.480. The van der Waals surface area contributed by atoms with Crippen LogP contribution < -0.4 is 20.3 Å². The SMILES string of the molecule is O=c1ccc2ncc(F)c3c2n1C(CN1CCC(NCc2cc4c(cn2)OCCO4)CC1)CC3. The normalized spacial score (nSPS) is 20.6. The molecular weight excluding hydrogens is 437 g/mol. The minimum absolute atomic E-state index is 0.0405. The summed E-state index contributed by atoms with van der Waals surface area (Å²) in [5.74, 6) is 1.16. The number of pyridine rings is 3. The van der Waals surface area contributed by atoms with Crippen LogP contribution in [0.1, 0.15) is 36.6 Å². The molecule has 0 amide bonds. The van der Waals surface area contributed by atoms with Crippen molar-refractivity contribution in [2.24, 2.45) is 0 Å². The number of likely N-dealkylation sites (tertiary alicyclic amines) is 1. The zero-order valence-electron chi connectivity index (χ0n) is 19.0. The number of halogens is 1. The minimum Gasteiger partial charge on any atom is -0.486 e. The average molecular weight is 466 g/mol. The minimum atomic E-state index is -0.315. The summed E-state index contributed by atoms with van der Waals surface area (Å²) in [7, 11) is 0. The second kappa shape index (κ2) is 8.96. The largest absolute Gasteiger partial charge is 0.486 e. The van der Waals surface area contributed by atoms with E-state index in [1.165, 1.54) is 6.20 Å². The number of nitrogens with zero attached hydrogens (tertiary/aromatic N) is 4. The molecule has 0 bridgehead atoms. The standard InChI is InChI=1S/C25H28FN5O3/c26-20-13-29-21-3-4-24(32)31-18(1-2-19(20)25(21)31)15-30-7-5-16(6-8-30)27-12-17-11-22-23(14-28-17)34-10-9-33-22/h3-4,11,13-14,16,18,27H,1-2,5-10,12,15H2. The number of fused-ring (bicyclic) bond motifs is 1. The molecule has 3 aliphatic rings. The van der Waals surface area contributed by atoms with Gasteiger partial charge in [0.25, 0.3) is 5.56 Å². The molecular formula is C25H28FN5O3. The second-order valence-corrected chi connectivity index (χ2v) is 9.33. The fourth-order valence-electron chi connectivity index (χ4n) is 5.43. The van der Waals surface area contributed by atoms with E-state index in [1.807, 2.05) is 6.07 Å². The lowest BCUT2D eigenvalue weighted by atomic mass is 9.96. The summed E-state index contributed by atoms with van der Waals surface area (Å²) >= 11 is 0. The lowest BCUT2D eigenvalue weighted by Crippen LogP contribution is -2.45. The third-order valence-corrected chi connectivity index (χ3v) is 7.20. The predicted octanol–water partition coefficient (Wildman–Crippen LogP) is 2.44. The van der Waals surface area contributed by atoms with Crippen molar-refractivity contribution < 1.29 is 13.9 Å². The Morgan fingerprint density at radius 1 is 1.06 bits per heavy atom. The van der Waals surface area contributed by atoms with E-state index in [0.717, 1.165) is 50.3 Å². The highest BCUT2D eigenvalue weighted by Crippen LogP contribution is 2.31. The van der Waals surface area contributed by atoms with Gasteiger partial charge in [0.1, 0.15) is 19.0 Å². The van der Waals surface area contributed by atoms with Crippen molar-refractivity contribution >= 4 is 11.0 Å². The number of aryl methyl sites for hydroxylation is 1. The molecule has 1 unspecified atom stereocenters. The molecule has 6 heterocycles. The average Bonchev–Trinajstić information content (AvgIpc) is 2.87. The number of nitrogens with one attached hydrogen (secondary N) is 1. The van der Waals surface area contributed by atoms with E-state index in [1.54, 1.807) is 22.9 Å². The number of hydrogen-bond acceptors (Lipinski definition) is 7. The molecule has 0 saturated carbocycles. The first kappa shape index (κ1) is 21.5. The van der Waals surface area contributed by atoms with Crippen LogP contribution in [0.25, 0.3) is 11.0 Å². The summed E-state index contributed by atoms with van der Waals surface area (Å²) in [5.41, 5.74) is 2.85. The highest BCUT2D eigenvalue weighted by Gasteiger charge is 2.28.